The summed E-state index contributed by atoms with van der Waals surface area (Å²) in [6, 6.07) is 7.30. The fraction of sp³-hybridized carbons (Fsp3) is 0.235. The van der Waals surface area contributed by atoms with Crippen molar-refractivity contribution in [2.75, 3.05) is 0 Å². The molecule has 0 amide bonds. The predicted octanol–water partition coefficient (Wildman–Crippen LogP) is 0.872. The zero-order chi connectivity index (χ0) is 15.0. The Morgan fingerprint density at radius 2 is 1.90 bits per heavy atom. The number of Topliss-reactive ketones (excluding diaryl/α,β-unsaturated/α-hetero) is 2. The lowest BCUT2D eigenvalue weighted by Gasteiger charge is -2.14. The third-order valence-corrected chi connectivity index (χ3v) is 3.81. The lowest BCUT2D eigenvalue weighted by atomic mass is 9.88. The van der Waals surface area contributed by atoms with Crippen molar-refractivity contribution in [1.82, 2.24) is 0 Å². The summed E-state index contributed by atoms with van der Waals surface area (Å²) in [5.74, 6) is -0.260. The second-order valence-corrected chi connectivity index (χ2v) is 5.27. The van der Waals surface area contributed by atoms with Crippen LogP contribution in [0.3, 0.4) is 0 Å². The zero-order valence-corrected chi connectivity index (χ0v) is 11.7. The summed E-state index contributed by atoms with van der Waals surface area (Å²) in [5.41, 5.74) is 0.992. The average molecular weight is 281 g/mol. The van der Waals surface area contributed by atoms with Crippen LogP contribution in [0.25, 0.3) is 11.6 Å². The number of carbonyl (C=O) groups is 2. The van der Waals surface area contributed by atoms with Gasteiger partial charge >= 0.3 is 0 Å². The maximum absolute atomic E-state index is 12.4. The second-order valence-electron chi connectivity index (χ2n) is 5.27. The van der Waals surface area contributed by atoms with E-state index in [0.717, 1.165) is 5.22 Å². The number of carbonyl (C=O) groups excluding carboxylic acids is 2. The maximum atomic E-state index is 12.4. The lowest BCUT2D eigenvalue weighted by Crippen LogP contribution is -2.34. The topological polar surface area (TPSA) is 67.2 Å². The highest BCUT2D eigenvalue weighted by molar-refractivity contribution is 6.57. The Morgan fingerprint density at radius 1 is 1.19 bits per heavy atom. The minimum absolute atomic E-state index is 0.0468. The molecule has 21 heavy (non-hydrogen) atoms. The van der Waals surface area contributed by atoms with Crippen LogP contribution >= 0.6 is 0 Å². The number of ether oxygens (including phenoxy) is 1. The third kappa shape index (κ3) is 2.23. The van der Waals surface area contributed by atoms with Crippen LogP contribution in [0.2, 0.25) is 0 Å². The van der Waals surface area contributed by atoms with Gasteiger partial charge in [-0.05, 0) is 23.4 Å². The molecule has 1 unspecified atom stereocenters. The Morgan fingerprint density at radius 3 is 2.67 bits per heavy atom. The average Bonchev–Trinajstić information content (AvgIpc) is 2.85. The molecule has 1 atom stereocenters. The first-order valence-corrected chi connectivity index (χ1v) is 6.88. The molecule has 0 aromatic heterocycles. The van der Waals surface area contributed by atoms with E-state index in [1.807, 2.05) is 25.1 Å². The normalized spacial score (nSPS) is 25.0. The molecule has 0 bridgehead atoms. The van der Waals surface area contributed by atoms with E-state index < -0.39 is 11.6 Å². The Hall–Kier alpha value is -2.49. The number of nitrogens with one attached hydrogen (secondary N) is 1. The zero-order valence-electron chi connectivity index (χ0n) is 11.7. The highest BCUT2D eigenvalue weighted by atomic mass is 16.5. The molecule has 0 saturated carbocycles. The molecular formula is C17H15NO3. The van der Waals surface area contributed by atoms with E-state index in [1.165, 1.54) is 6.21 Å². The number of allylic oxidation sites excluding steroid dienone is 1. The summed E-state index contributed by atoms with van der Waals surface area (Å²) < 4.78 is 5.67. The number of rotatable bonds is 1. The fourth-order valence-electron chi connectivity index (χ4n) is 2.86. The van der Waals surface area contributed by atoms with Gasteiger partial charge in [-0.1, -0.05) is 24.3 Å². The molecule has 2 aliphatic rings. The van der Waals surface area contributed by atoms with Crippen LogP contribution < -0.4 is 10.4 Å². The summed E-state index contributed by atoms with van der Waals surface area (Å²) in [6.07, 6.45) is 3.61. The summed E-state index contributed by atoms with van der Waals surface area (Å²) in [7, 11) is 0. The fourth-order valence-corrected chi connectivity index (χ4v) is 2.86. The first-order chi connectivity index (χ1) is 10.1. The van der Waals surface area contributed by atoms with Crippen molar-refractivity contribution in [2.45, 2.75) is 25.9 Å². The quantitative estimate of drug-likeness (QED) is 0.613. The van der Waals surface area contributed by atoms with Crippen molar-refractivity contribution in [2.24, 2.45) is 0 Å². The van der Waals surface area contributed by atoms with Gasteiger partial charge in [0.15, 0.2) is 0 Å². The predicted molar refractivity (Wildman–Crippen MR) is 79.2 cm³/mol. The van der Waals surface area contributed by atoms with E-state index in [9.17, 15) is 9.59 Å². The lowest BCUT2D eigenvalue weighted by molar-refractivity contribution is -0.131. The maximum Gasteiger partial charge on any atom is 0.232 e. The number of hydrogen-bond acceptors (Lipinski definition) is 4. The molecular weight excluding hydrogens is 266 g/mol. The number of hydrogen-bond donors (Lipinski definition) is 1. The molecule has 1 aliphatic heterocycles. The van der Waals surface area contributed by atoms with E-state index in [1.54, 1.807) is 12.1 Å². The molecule has 1 aliphatic carbocycles. The first-order valence-electron chi connectivity index (χ1n) is 6.88. The Bertz CT molecular complexity index is 802. The van der Waals surface area contributed by atoms with Gasteiger partial charge in [-0.3, -0.25) is 9.59 Å². The van der Waals surface area contributed by atoms with Gasteiger partial charge in [0.25, 0.3) is 0 Å². The molecule has 106 valence electrons. The van der Waals surface area contributed by atoms with E-state index in [-0.39, 0.29) is 6.10 Å². The summed E-state index contributed by atoms with van der Waals surface area (Å²) in [4.78, 5) is 24.6. The van der Waals surface area contributed by atoms with Crippen LogP contribution in [0.5, 0.6) is 0 Å². The molecule has 0 fully saturated rings. The van der Waals surface area contributed by atoms with E-state index >= 15 is 0 Å². The largest absolute Gasteiger partial charge is 0.494 e. The van der Waals surface area contributed by atoms with Gasteiger partial charge in [-0.25, -0.2) is 0 Å². The highest BCUT2D eigenvalue weighted by Gasteiger charge is 2.37. The van der Waals surface area contributed by atoms with Crippen LogP contribution in [0, 0.1) is 5.41 Å². The van der Waals surface area contributed by atoms with Gasteiger partial charge in [-0.2, -0.15) is 0 Å². The van der Waals surface area contributed by atoms with Gasteiger partial charge in [0.1, 0.15) is 5.76 Å². The number of ketones is 2. The van der Waals surface area contributed by atoms with Crippen molar-refractivity contribution >= 4 is 29.4 Å². The van der Waals surface area contributed by atoms with Gasteiger partial charge in [0, 0.05) is 30.2 Å². The van der Waals surface area contributed by atoms with Crippen molar-refractivity contribution in [3.05, 3.63) is 46.0 Å². The van der Waals surface area contributed by atoms with Gasteiger partial charge in [0.2, 0.25) is 11.6 Å². The van der Waals surface area contributed by atoms with E-state index in [4.69, 9.17) is 10.1 Å². The van der Waals surface area contributed by atoms with Crippen LogP contribution in [0.1, 0.15) is 19.8 Å². The molecule has 3 rings (SSSR count). The Kier molecular flexibility index (Phi) is 3.29. The molecule has 0 spiro atoms. The van der Waals surface area contributed by atoms with Gasteiger partial charge < -0.3 is 10.1 Å². The Labute approximate surface area is 121 Å². The van der Waals surface area contributed by atoms with Crippen molar-refractivity contribution in [1.29, 1.82) is 5.41 Å². The first kappa shape index (κ1) is 13.5. The molecule has 4 nitrogen and oxygen atoms in total. The summed E-state index contributed by atoms with van der Waals surface area (Å²) in [5, 5.41) is 8.67. The van der Waals surface area contributed by atoms with Gasteiger partial charge in [-0.15, -0.1) is 0 Å². The van der Waals surface area contributed by atoms with E-state index in [2.05, 4.69) is 0 Å². The van der Waals surface area contributed by atoms with E-state index in [0.29, 0.717) is 35.0 Å². The molecule has 1 heterocycles. The monoisotopic (exact) mass is 281 g/mol. The summed E-state index contributed by atoms with van der Waals surface area (Å²) >= 11 is 0. The molecule has 1 N–H and O–H groups in total. The second kappa shape index (κ2) is 5.13. The summed E-state index contributed by atoms with van der Waals surface area (Å²) in [6.45, 7) is 1.90. The van der Waals surface area contributed by atoms with Crippen molar-refractivity contribution in [3.8, 4) is 0 Å². The molecule has 1 aromatic rings. The third-order valence-electron chi connectivity index (χ3n) is 3.81. The standard InChI is InChI=1S/C17H15NO3/c1-10-8-14-15(21-10)9-13(16(19)17(14)20)12-5-3-2-4-11(12)6-7-18/h2-7,10,18H,8-9H2,1H3/b11-6-,13-12+,18-7?. The smallest absolute Gasteiger partial charge is 0.232 e. The Balaban J connectivity index is 2.24. The SMILES string of the molecule is CC1CC2=C(C/C(=c3/cccc/c3=C/C=N)C(=O)C2=O)O1. The van der Waals surface area contributed by atoms with Crippen molar-refractivity contribution < 1.29 is 14.3 Å². The van der Waals surface area contributed by atoms with Crippen molar-refractivity contribution in [3.63, 3.8) is 0 Å². The minimum atomic E-state index is -0.447. The molecule has 1 aromatic carbocycles. The van der Waals surface area contributed by atoms with Crippen LogP contribution in [-0.4, -0.2) is 23.9 Å². The van der Waals surface area contributed by atoms with Crippen LogP contribution in [0.15, 0.2) is 35.6 Å². The van der Waals surface area contributed by atoms with Gasteiger partial charge in [0.05, 0.1) is 6.10 Å². The molecule has 0 radical (unpaired) electrons. The molecule has 0 saturated heterocycles. The molecule has 4 heteroatoms. The van der Waals surface area contributed by atoms with Crippen LogP contribution in [0.4, 0.5) is 0 Å². The highest BCUT2D eigenvalue weighted by Crippen LogP contribution is 2.34. The number of benzene rings is 1. The minimum Gasteiger partial charge on any atom is -0.494 e. The van der Waals surface area contributed by atoms with Crippen LogP contribution in [-0.2, 0) is 14.3 Å².